The van der Waals surface area contributed by atoms with Crippen LogP contribution >= 0.6 is 24.2 Å². The quantitative estimate of drug-likeness (QED) is 0.811. The van der Waals surface area contributed by atoms with E-state index in [4.69, 9.17) is 16.3 Å². The molecule has 0 aliphatic carbocycles. The summed E-state index contributed by atoms with van der Waals surface area (Å²) in [5, 5.41) is 0.254. The fourth-order valence-corrected chi connectivity index (χ4v) is 2.01. The van der Waals surface area contributed by atoms with E-state index >= 15 is 0 Å². The van der Waals surface area contributed by atoms with Gasteiger partial charge >= 0.3 is 0 Å². The van der Waals surface area contributed by atoms with Crippen molar-refractivity contribution in [2.75, 3.05) is 18.6 Å². The van der Waals surface area contributed by atoms with Gasteiger partial charge in [-0.3, -0.25) is 9.69 Å². The first-order chi connectivity index (χ1) is 7.61. The summed E-state index contributed by atoms with van der Waals surface area (Å²) in [7, 11) is 1.46. The maximum absolute atomic E-state index is 11.7. The van der Waals surface area contributed by atoms with Crippen molar-refractivity contribution in [1.82, 2.24) is 9.97 Å². The molecular formula is C9H10ClN3O2S. The summed E-state index contributed by atoms with van der Waals surface area (Å²) in [5.41, 5.74) is 0. The number of rotatable bonds is 2. The molecule has 16 heavy (non-hydrogen) atoms. The first kappa shape index (κ1) is 11.5. The van der Waals surface area contributed by atoms with Crippen molar-refractivity contribution in [3.63, 3.8) is 0 Å². The molecular weight excluding hydrogens is 250 g/mol. The summed E-state index contributed by atoms with van der Waals surface area (Å²) in [6, 6.07) is 0. The number of hydrogen-bond acceptors (Lipinski definition) is 5. The highest BCUT2D eigenvalue weighted by molar-refractivity contribution is 7.81. The van der Waals surface area contributed by atoms with Crippen LogP contribution in [0.2, 0.25) is 5.15 Å². The van der Waals surface area contributed by atoms with Gasteiger partial charge in [-0.2, -0.15) is 17.6 Å². The SMILES string of the molecule is COc1nc(Cl)cnc1N1CC(S)CC1=O. The largest absolute Gasteiger partial charge is 0.478 e. The molecule has 1 amide bonds. The number of carbonyl (C=O) groups excluding carboxylic acids is 1. The van der Waals surface area contributed by atoms with Gasteiger partial charge in [0.05, 0.1) is 13.3 Å². The molecule has 1 aliphatic heterocycles. The minimum absolute atomic E-state index is 0.0229. The van der Waals surface area contributed by atoms with Crippen LogP contribution in [-0.2, 0) is 4.79 Å². The Bertz CT molecular complexity index is 429. The van der Waals surface area contributed by atoms with E-state index in [0.717, 1.165) is 0 Å². The minimum Gasteiger partial charge on any atom is -0.478 e. The molecule has 2 heterocycles. The molecule has 1 saturated heterocycles. The third-order valence-electron chi connectivity index (χ3n) is 2.25. The van der Waals surface area contributed by atoms with Gasteiger partial charge in [-0.1, -0.05) is 11.6 Å². The van der Waals surface area contributed by atoms with E-state index in [1.807, 2.05) is 0 Å². The molecule has 1 atom stereocenters. The molecule has 1 aromatic rings. The number of nitrogens with zero attached hydrogens (tertiary/aromatic N) is 3. The lowest BCUT2D eigenvalue weighted by atomic mass is 10.4. The van der Waals surface area contributed by atoms with Crippen LogP contribution < -0.4 is 9.64 Å². The third kappa shape index (κ3) is 2.08. The van der Waals surface area contributed by atoms with Crippen molar-refractivity contribution in [3.8, 4) is 5.88 Å². The molecule has 1 aromatic heterocycles. The van der Waals surface area contributed by atoms with Gasteiger partial charge in [0, 0.05) is 18.2 Å². The van der Waals surface area contributed by atoms with Crippen LogP contribution in [0, 0.1) is 0 Å². The average molecular weight is 260 g/mol. The highest BCUT2D eigenvalue weighted by atomic mass is 35.5. The molecule has 5 nitrogen and oxygen atoms in total. The molecule has 0 radical (unpaired) electrons. The first-order valence-corrected chi connectivity index (χ1v) is 5.56. The minimum atomic E-state index is -0.0325. The number of aromatic nitrogens is 2. The molecule has 0 spiro atoms. The average Bonchev–Trinajstić information content (AvgIpc) is 2.57. The number of ether oxygens (including phenoxy) is 1. The summed E-state index contributed by atoms with van der Waals surface area (Å²) < 4.78 is 5.05. The highest BCUT2D eigenvalue weighted by Gasteiger charge is 2.31. The van der Waals surface area contributed by atoms with Crippen molar-refractivity contribution in [2.24, 2.45) is 0 Å². The molecule has 7 heteroatoms. The first-order valence-electron chi connectivity index (χ1n) is 4.66. The molecule has 0 aromatic carbocycles. The topological polar surface area (TPSA) is 55.3 Å². The number of anilines is 1. The predicted octanol–water partition coefficient (Wildman–Crippen LogP) is 1.17. The zero-order valence-corrected chi connectivity index (χ0v) is 10.2. The van der Waals surface area contributed by atoms with E-state index in [1.54, 1.807) is 0 Å². The molecule has 0 saturated carbocycles. The van der Waals surface area contributed by atoms with Gasteiger partial charge in [-0.05, 0) is 0 Å². The number of amides is 1. The lowest BCUT2D eigenvalue weighted by Crippen LogP contribution is -2.26. The Morgan fingerprint density at radius 1 is 1.69 bits per heavy atom. The highest BCUT2D eigenvalue weighted by Crippen LogP contribution is 2.29. The summed E-state index contributed by atoms with van der Waals surface area (Å²) >= 11 is 9.96. The summed E-state index contributed by atoms with van der Waals surface area (Å²) in [4.78, 5) is 21.2. The zero-order valence-electron chi connectivity index (χ0n) is 8.55. The van der Waals surface area contributed by atoms with Crippen LogP contribution in [0.3, 0.4) is 0 Å². The molecule has 1 aliphatic rings. The van der Waals surface area contributed by atoms with E-state index in [0.29, 0.717) is 18.8 Å². The van der Waals surface area contributed by atoms with Gasteiger partial charge in [0.1, 0.15) is 0 Å². The summed E-state index contributed by atoms with van der Waals surface area (Å²) in [6.45, 7) is 0.509. The van der Waals surface area contributed by atoms with Gasteiger partial charge in [0.2, 0.25) is 5.91 Å². The van der Waals surface area contributed by atoms with Gasteiger partial charge in [0.25, 0.3) is 5.88 Å². The predicted molar refractivity (Wildman–Crippen MR) is 63.3 cm³/mol. The standard InChI is InChI=1S/C9H10ClN3O2S/c1-15-9-8(11-3-6(10)12-9)13-4-5(16)2-7(13)14/h3,5,16H,2,4H2,1H3. The Kier molecular flexibility index (Phi) is 3.20. The summed E-state index contributed by atoms with van der Waals surface area (Å²) in [6.07, 6.45) is 1.79. The number of carbonyl (C=O) groups is 1. The molecule has 0 N–H and O–H groups in total. The second-order valence-electron chi connectivity index (χ2n) is 3.39. The van der Waals surface area contributed by atoms with Crippen molar-refractivity contribution < 1.29 is 9.53 Å². The maximum Gasteiger partial charge on any atom is 0.259 e. The number of thiol groups is 1. The molecule has 1 fully saturated rings. The maximum atomic E-state index is 11.7. The second kappa shape index (κ2) is 4.47. The van der Waals surface area contributed by atoms with E-state index in [9.17, 15) is 4.79 Å². The Hall–Kier alpha value is -1.01. The van der Waals surface area contributed by atoms with Crippen LogP contribution in [0.4, 0.5) is 5.82 Å². The Morgan fingerprint density at radius 2 is 2.44 bits per heavy atom. The van der Waals surface area contributed by atoms with Crippen LogP contribution in [0.5, 0.6) is 5.88 Å². The van der Waals surface area contributed by atoms with Crippen LogP contribution in [0.15, 0.2) is 6.20 Å². The fraction of sp³-hybridized carbons (Fsp3) is 0.444. The normalized spacial score (nSPS) is 20.3. The van der Waals surface area contributed by atoms with Gasteiger partial charge in [-0.25, -0.2) is 4.98 Å². The van der Waals surface area contributed by atoms with Gasteiger partial charge in [-0.15, -0.1) is 0 Å². The smallest absolute Gasteiger partial charge is 0.259 e. The van der Waals surface area contributed by atoms with Crippen LogP contribution in [0.25, 0.3) is 0 Å². The molecule has 2 rings (SSSR count). The number of methoxy groups -OCH3 is 1. The van der Waals surface area contributed by atoms with Crippen LogP contribution in [-0.4, -0.2) is 34.8 Å². The van der Waals surface area contributed by atoms with Gasteiger partial charge < -0.3 is 4.74 Å². The lowest BCUT2D eigenvalue weighted by Gasteiger charge is -2.16. The Morgan fingerprint density at radius 3 is 3.00 bits per heavy atom. The van der Waals surface area contributed by atoms with E-state index in [-0.39, 0.29) is 22.2 Å². The van der Waals surface area contributed by atoms with Crippen LogP contribution in [0.1, 0.15) is 6.42 Å². The monoisotopic (exact) mass is 259 g/mol. The Balaban J connectivity index is 2.36. The zero-order chi connectivity index (χ0) is 11.7. The van der Waals surface area contributed by atoms with Crippen molar-refractivity contribution in [2.45, 2.75) is 11.7 Å². The van der Waals surface area contributed by atoms with E-state index < -0.39 is 0 Å². The number of halogens is 1. The second-order valence-corrected chi connectivity index (χ2v) is 4.51. The van der Waals surface area contributed by atoms with E-state index in [2.05, 4.69) is 22.6 Å². The molecule has 1 unspecified atom stereocenters. The fourth-order valence-electron chi connectivity index (χ4n) is 1.56. The van der Waals surface area contributed by atoms with Crippen molar-refractivity contribution in [3.05, 3.63) is 11.3 Å². The van der Waals surface area contributed by atoms with Gasteiger partial charge in [0.15, 0.2) is 11.0 Å². The third-order valence-corrected chi connectivity index (χ3v) is 2.77. The van der Waals surface area contributed by atoms with Crippen molar-refractivity contribution >= 4 is 36.0 Å². The lowest BCUT2D eigenvalue weighted by molar-refractivity contribution is -0.117. The van der Waals surface area contributed by atoms with Crippen molar-refractivity contribution in [1.29, 1.82) is 0 Å². The molecule has 86 valence electrons. The Labute approximate surface area is 103 Å². The molecule has 0 bridgehead atoms. The number of hydrogen-bond donors (Lipinski definition) is 1. The van der Waals surface area contributed by atoms with E-state index in [1.165, 1.54) is 18.2 Å². The summed E-state index contributed by atoms with van der Waals surface area (Å²) in [5.74, 6) is 0.617.